The second-order valence-corrected chi connectivity index (χ2v) is 24.1. The van der Waals surface area contributed by atoms with Crippen LogP contribution in [0.25, 0.3) is 44.2 Å². The lowest BCUT2D eigenvalue weighted by atomic mass is 9.43. The molecule has 352 valence electrons. The van der Waals surface area contributed by atoms with Gasteiger partial charge in [-0.2, -0.15) is 0 Å². The predicted octanol–water partition coefficient (Wildman–Crippen LogP) is 17.1. The van der Waals surface area contributed by atoms with Crippen molar-refractivity contribution in [3.8, 4) is 45.3 Å². The van der Waals surface area contributed by atoms with E-state index in [0.29, 0.717) is 23.0 Å². The van der Waals surface area contributed by atoms with Crippen molar-refractivity contribution >= 4 is 68.1 Å². The normalized spacial score (nSPS) is 16.1. The summed E-state index contributed by atoms with van der Waals surface area (Å²) in [6.07, 6.45) is 2.28. The van der Waals surface area contributed by atoms with Crippen LogP contribution in [0.1, 0.15) is 110 Å². The Hall–Kier alpha value is -7.18. The van der Waals surface area contributed by atoms with E-state index in [4.69, 9.17) is 13.9 Å². The SMILES string of the molecule is Cc1cc2c(cc1N1c3cc4c(cc3B3c5c(cc(C(C)(C)C)cc51)-c1cc5oc6ccccc6c5cc1N3c1ccc(C(C)(C)C)cc1-c1ccccc1)Oc1ccccc1O4)C(C)(C)CCC2(C)C. The van der Waals surface area contributed by atoms with Crippen molar-refractivity contribution in [3.63, 3.8) is 0 Å². The third-order valence-electron chi connectivity index (χ3n) is 16.4. The van der Waals surface area contributed by atoms with E-state index in [1.807, 2.05) is 24.3 Å². The zero-order chi connectivity index (χ0) is 49.1. The van der Waals surface area contributed by atoms with Crippen molar-refractivity contribution in [2.24, 2.45) is 0 Å². The Labute approximate surface area is 419 Å². The zero-order valence-corrected chi connectivity index (χ0v) is 43.0. The van der Waals surface area contributed by atoms with E-state index in [2.05, 4.69) is 207 Å². The van der Waals surface area contributed by atoms with E-state index < -0.39 is 0 Å². The lowest BCUT2D eigenvalue weighted by Gasteiger charge is -2.48. The average molecular weight is 929 g/mol. The number of benzene rings is 8. The van der Waals surface area contributed by atoms with Crippen molar-refractivity contribution in [2.75, 3.05) is 9.71 Å². The summed E-state index contributed by atoms with van der Waals surface area (Å²) in [5, 5.41) is 2.20. The van der Waals surface area contributed by atoms with Crippen LogP contribution in [0.3, 0.4) is 0 Å². The van der Waals surface area contributed by atoms with Crippen molar-refractivity contribution < 1.29 is 13.9 Å². The molecule has 0 spiro atoms. The molecule has 13 rings (SSSR count). The van der Waals surface area contributed by atoms with Gasteiger partial charge in [-0.25, -0.2) is 0 Å². The lowest BCUT2D eigenvalue weighted by molar-refractivity contribution is 0.332. The highest BCUT2D eigenvalue weighted by Crippen LogP contribution is 2.56. The fourth-order valence-electron chi connectivity index (χ4n) is 12.2. The van der Waals surface area contributed by atoms with Gasteiger partial charge in [-0.3, -0.25) is 0 Å². The molecular formula is C65H61BN2O3. The summed E-state index contributed by atoms with van der Waals surface area (Å²) in [5.74, 6) is 2.83. The van der Waals surface area contributed by atoms with Gasteiger partial charge < -0.3 is 23.6 Å². The van der Waals surface area contributed by atoms with Crippen molar-refractivity contribution in [1.82, 2.24) is 0 Å². The summed E-state index contributed by atoms with van der Waals surface area (Å²) in [6.45, 7) is 25.7. The molecule has 5 nitrogen and oxygen atoms in total. The molecule has 3 aliphatic heterocycles. The highest BCUT2D eigenvalue weighted by atomic mass is 16.6. The van der Waals surface area contributed by atoms with Crippen LogP contribution in [-0.4, -0.2) is 6.85 Å². The zero-order valence-electron chi connectivity index (χ0n) is 43.0. The van der Waals surface area contributed by atoms with E-state index in [9.17, 15) is 0 Å². The van der Waals surface area contributed by atoms with Gasteiger partial charge in [0, 0.05) is 56.4 Å². The molecular weight excluding hydrogens is 868 g/mol. The Kier molecular flexibility index (Phi) is 9.21. The van der Waals surface area contributed by atoms with Crippen LogP contribution in [0.15, 0.2) is 150 Å². The molecule has 0 N–H and O–H groups in total. The summed E-state index contributed by atoms with van der Waals surface area (Å²) in [6, 6.07) is 53.9. The van der Waals surface area contributed by atoms with Gasteiger partial charge in [-0.1, -0.05) is 148 Å². The number of hydrogen-bond donors (Lipinski definition) is 0. The third kappa shape index (κ3) is 6.66. The van der Waals surface area contributed by atoms with Gasteiger partial charge in [0.1, 0.15) is 11.2 Å². The predicted molar refractivity (Wildman–Crippen MR) is 297 cm³/mol. The summed E-state index contributed by atoms with van der Waals surface area (Å²) in [7, 11) is 0. The molecule has 1 aromatic heterocycles. The number of fused-ring (bicyclic) bond motifs is 10. The monoisotopic (exact) mass is 928 g/mol. The number of para-hydroxylation sites is 3. The maximum absolute atomic E-state index is 6.90. The van der Waals surface area contributed by atoms with Crippen molar-refractivity contribution in [2.45, 2.75) is 111 Å². The second-order valence-electron chi connectivity index (χ2n) is 24.1. The Bertz CT molecular complexity index is 3720. The van der Waals surface area contributed by atoms with Crippen LogP contribution in [0.2, 0.25) is 0 Å². The van der Waals surface area contributed by atoms with Crippen LogP contribution in [0.4, 0.5) is 28.4 Å². The van der Waals surface area contributed by atoms with Crippen LogP contribution >= 0.6 is 0 Å². The average Bonchev–Trinajstić information content (AvgIpc) is 3.71. The lowest BCUT2D eigenvalue weighted by Crippen LogP contribution is -2.62. The fourth-order valence-corrected chi connectivity index (χ4v) is 12.2. The molecule has 6 heteroatoms. The highest BCUT2D eigenvalue weighted by Gasteiger charge is 2.48. The summed E-state index contributed by atoms with van der Waals surface area (Å²) in [4.78, 5) is 5.24. The minimum atomic E-state index is -0.286. The molecule has 1 aliphatic carbocycles. The van der Waals surface area contributed by atoms with Gasteiger partial charge in [-0.15, -0.1) is 0 Å². The summed E-state index contributed by atoms with van der Waals surface area (Å²) >= 11 is 0. The van der Waals surface area contributed by atoms with Crippen molar-refractivity contribution in [3.05, 3.63) is 173 Å². The summed E-state index contributed by atoms with van der Waals surface area (Å²) < 4.78 is 20.6. The van der Waals surface area contributed by atoms with Gasteiger partial charge in [0.25, 0.3) is 0 Å². The van der Waals surface area contributed by atoms with Crippen LogP contribution in [-0.2, 0) is 21.7 Å². The molecule has 0 radical (unpaired) electrons. The molecule has 4 aliphatic rings. The van der Waals surface area contributed by atoms with E-state index in [1.165, 1.54) is 61.3 Å². The van der Waals surface area contributed by atoms with Gasteiger partial charge in [0.2, 0.25) is 0 Å². The van der Waals surface area contributed by atoms with Crippen molar-refractivity contribution in [1.29, 1.82) is 0 Å². The first kappa shape index (κ1) is 43.8. The number of hydrogen-bond acceptors (Lipinski definition) is 5. The molecule has 8 aromatic carbocycles. The minimum Gasteiger partial charge on any atom is -0.456 e. The van der Waals surface area contributed by atoms with Crippen LogP contribution in [0.5, 0.6) is 23.0 Å². The second kappa shape index (κ2) is 14.9. The first-order valence-corrected chi connectivity index (χ1v) is 25.6. The maximum Gasteiger partial charge on any atom is 0.333 e. The molecule has 0 saturated carbocycles. The topological polar surface area (TPSA) is 38.1 Å². The standard InChI is InChI=1S/C65H61BN2O3/c1-38-29-47-48(65(10,11)28-27-64(47,8)9)35-51(38)67-53-37-60-59(70-56-23-17-18-24-57(56)71-60)36-49(53)66-61-46(31-41(32-54(61)67)63(5,6)7)44-34-58-45(42-21-15-16-22-55(42)69-58)33-52(44)68(66)50-26-25-40(62(2,3)4)30-43(50)39-19-13-12-14-20-39/h12-26,29-37H,27-28H2,1-11H3. The first-order valence-electron chi connectivity index (χ1n) is 25.6. The van der Waals surface area contributed by atoms with E-state index in [1.54, 1.807) is 0 Å². The number of furan rings is 1. The maximum atomic E-state index is 6.90. The molecule has 0 amide bonds. The molecule has 0 saturated heterocycles. The Morgan fingerprint density at radius 1 is 0.479 bits per heavy atom. The number of nitrogens with zero attached hydrogens (tertiary/aromatic N) is 2. The molecule has 4 heterocycles. The van der Waals surface area contributed by atoms with Gasteiger partial charge >= 0.3 is 6.85 Å². The summed E-state index contributed by atoms with van der Waals surface area (Å²) in [5.41, 5.74) is 21.1. The fraction of sp³-hybridized carbons (Fsp3) is 0.262. The van der Waals surface area contributed by atoms with E-state index in [0.717, 1.165) is 62.9 Å². The largest absolute Gasteiger partial charge is 0.456 e. The van der Waals surface area contributed by atoms with Gasteiger partial charge in [0.15, 0.2) is 23.0 Å². The van der Waals surface area contributed by atoms with Gasteiger partial charge in [0.05, 0.1) is 0 Å². The first-order chi connectivity index (χ1) is 33.8. The molecule has 0 fully saturated rings. The van der Waals surface area contributed by atoms with E-state index >= 15 is 0 Å². The highest BCUT2D eigenvalue weighted by molar-refractivity contribution is 6.93. The Morgan fingerprint density at radius 2 is 1.11 bits per heavy atom. The smallest absolute Gasteiger partial charge is 0.333 e. The van der Waals surface area contributed by atoms with Crippen LogP contribution in [0, 0.1) is 6.92 Å². The molecule has 0 bridgehead atoms. The Balaban J connectivity index is 1.19. The van der Waals surface area contributed by atoms with Gasteiger partial charge in [-0.05, 0) is 152 Å². The molecule has 71 heavy (non-hydrogen) atoms. The number of aryl methyl sites for hydroxylation is 1. The quantitative estimate of drug-likeness (QED) is 0.165. The molecule has 0 unspecified atom stereocenters. The third-order valence-corrected chi connectivity index (χ3v) is 16.4. The number of anilines is 5. The molecule has 9 aromatic rings. The van der Waals surface area contributed by atoms with E-state index in [-0.39, 0.29) is 28.5 Å². The Morgan fingerprint density at radius 3 is 1.82 bits per heavy atom. The molecule has 0 atom stereocenters. The number of ether oxygens (including phenoxy) is 2. The number of rotatable bonds is 3. The minimum absolute atomic E-state index is 0.00158. The van der Waals surface area contributed by atoms with Crippen LogP contribution < -0.4 is 30.1 Å².